The van der Waals surface area contributed by atoms with Crippen LogP contribution in [0.25, 0.3) is 0 Å². The second-order valence-electron chi connectivity index (χ2n) is 5.31. The lowest BCUT2D eigenvalue weighted by molar-refractivity contribution is 0.552. The highest BCUT2D eigenvalue weighted by molar-refractivity contribution is 7.15. The van der Waals surface area contributed by atoms with Crippen molar-refractivity contribution in [3.8, 4) is 0 Å². The lowest BCUT2D eigenvalue weighted by Crippen LogP contribution is -2.30. The van der Waals surface area contributed by atoms with Crippen LogP contribution in [0.3, 0.4) is 0 Å². The van der Waals surface area contributed by atoms with Gasteiger partial charge in [0.05, 0.1) is 0 Å². The van der Waals surface area contributed by atoms with Gasteiger partial charge in [0, 0.05) is 30.2 Å². The maximum Gasteiger partial charge on any atom is 0.185 e. The summed E-state index contributed by atoms with van der Waals surface area (Å²) in [5.41, 5.74) is 0. The first-order chi connectivity index (χ1) is 8.72. The molecule has 3 nitrogen and oxygen atoms in total. The highest BCUT2D eigenvalue weighted by Gasteiger charge is 2.20. The average Bonchev–Trinajstić information content (AvgIpc) is 2.72. The average molecular weight is 267 g/mol. The molecule has 0 aromatic carbocycles. The summed E-state index contributed by atoms with van der Waals surface area (Å²) >= 11 is 1.83. The van der Waals surface area contributed by atoms with Gasteiger partial charge in [-0.25, -0.2) is 4.98 Å². The van der Waals surface area contributed by atoms with Gasteiger partial charge in [-0.1, -0.05) is 25.7 Å². The van der Waals surface area contributed by atoms with Crippen LogP contribution in [0, 0.1) is 0 Å². The molecule has 1 fully saturated rings. The molecular weight excluding hydrogens is 242 g/mol. The van der Waals surface area contributed by atoms with Crippen LogP contribution in [-0.2, 0) is 0 Å². The Kier molecular flexibility index (Phi) is 5.01. The van der Waals surface area contributed by atoms with Gasteiger partial charge in [0.1, 0.15) is 0 Å². The van der Waals surface area contributed by atoms with Crippen molar-refractivity contribution in [3.63, 3.8) is 0 Å². The first-order valence-electron chi connectivity index (χ1n) is 7.08. The normalized spacial score (nSPS) is 19.5. The fourth-order valence-electron chi connectivity index (χ4n) is 2.58. The lowest BCUT2D eigenvalue weighted by Gasteiger charge is -2.26. The summed E-state index contributed by atoms with van der Waals surface area (Å²) in [5.74, 6) is 0. The molecule has 1 aliphatic carbocycles. The Morgan fingerprint density at radius 1 is 1.33 bits per heavy atom. The van der Waals surface area contributed by atoms with E-state index in [1.807, 2.05) is 24.6 Å². The first-order valence-corrected chi connectivity index (χ1v) is 7.90. The second kappa shape index (κ2) is 6.53. The van der Waals surface area contributed by atoms with Crippen molar-refractivity contribution in [2.45, 2.75) is 57.5 Å². The second-order valence-corrected chi connectivity index (χ2v) is 6.35. The van der Waals surface area contributed by atoms with E-state index in [2.05, 4.69) is 29.2 Å². The zero-order valence-electron chi connectivity index (χ0n) is 11.8. The molecule has 1 aromatic heterocycles. The van der Waals surface area contributed by atoms with Crippen molar-refractivity contribution in [1.82, 2.24) is 10.3 Å². The van der Waals surface area contributed by atoms with E-state index in [9.17, 15) is 0 Å². The number of hydrogen-bond acceptors (Lipinski definition) is 4. The Hall–Kier alpha value is -0.610. The summed E-state index contributed by atoms with van der Waals surface area (Å²) in [5, 5.41) is 4.45. The van der Waals surface area contributed by atoms with Crippen molar-refractivity contribution < 1.29 is 0 Å². The maximum absolute atomic E-state index is 4.60. The molecule has 1 aliphatic rings. The van der Waals surface area contributed by atoms with Gasteiger partial charge in [0.25, 0.3) is 0 Å². The molecule has 18 heavy (non-hydrogen) atoms. The maximum atomic E-state index is 4.60. The molecule has 0 radical (unpaired) electrons. The van der Waals surface area contributed by atoms with Crippen molar-refractivity contribution in [3.05, 3.63) is 11.1 Å². The van der Waals surface area contributed by atoms with Crippen LogP contribution >= 0.6 is 11.3 Å². The summed E-state index contributed by atoms with van der Waals surface area (Å²) in [6.45, 7) is 2.18. The highest BCUT2D eigenvalue weighted by Crippen LogP contribution is 2.30. The SMILES string of the molecule is CNC(C)c1cnc(N(C)C2CCCCCC2)s1. The van der Waals surface area contributed by atoms with Crippen molar-refractivity contribution >= 4 is 16.5 Å². The lowest BCUT2D eigenvalue weighted by atomic mass is 10.1. The van der Waals surface area contributed by atoms with Crippen LogP contribution in [0.15, 0.2) is 6.20 Å². The van der Waals surface area contributed by atoms with E-state index >= 15 is 0 Å². The van der Waals surface area contributed by atoms with Gasteiger partial charge < -0.3 is 10.2 Å². The van der Waals surface area contributed by atoms with Crippen LogP contribution in [0.5, 0.6) is 0 Å². The van der Waals surface area contributed by atoms with Gasteiger partial charge in [-0.3, -0.25) is 0 Å². The Bertz CT molecular complexity index is 356. The Balaban J connectivity index is 2.03. The molecule has 0 bridgehead atoms. The van der Waals surface area contributed by atoms with E-state index in [4.69, 9.17) is 0 Å². The molecule has 1 atom stereocenters. The number of anilines is 1. The van der Waals surface area contributed by atoms with Crippen molar-refractivity contribution in [1.29, 1.82) is 0 Å². The number of nitrogens with zero attached hydrogens (tertiary/aromatic N) is 2. The number of hydrogen-bond donors (Lipinski definition) is 1. The highest BCUT2D eigenvalue weighted by atomic mass is 32.1. The molecule has 4 heteroatoms. The van der Waals surface area contributed by atoms with Gasteiger partial charge in [0.2, 0.25) is 0 Å². The molecule has 0 aliphatic heterocycles. The van der Waals surface area contributed by atoms with Gasteiger partial charge >= 0.3 is 0 Å². The zero-order valence-corrected chi connectivity index (χ0v) is 12.6. The molecule has 1 saturated carbocycles. The van der Waals surface area contributed by atoms with E-state index in [1.165, 1.54) is 48.5 Å². The smallest absolute Gasteiger partial charge is 0.185 e. The molecule has 1 unspecified atom stereocenters. The summed E-state index contributed by atoms with van der Waals surface area (Å²) in [4.78, 5) is 8.33. The first kappa shape index (κ1) is 13.8. The van der Waals surface area contributed by atoms with Crippen LogP contribution in [0.4, 0.5) is 5.13 Å². The number of rotatable bonds is 4. The molecule has 2 rings (SSSR count). The minimum absolute atomic E-state index is 0.402. The number of aromatic nitrogens is 1. The van der Waals surface area contributed by atoms with Gasteiger partial charge in [0.15, 0.2) is 5.13 Å². The zero-order chi connectivity index (χ0) is 13.0. The van der Waals surface area contributed by atoms with Crippen molar-refractivity contribution in [2.24, 2.45) is 0 Å². The number of nitrogens with one attached hydrogen (secondary N) is 1. The van der Waals surface area contributed by atoms with E-state index in [0.717, 1.165) is 0 Å². The molecule has 0 saturated heterocycles. The molecule has 0 amide bonds. The van der Waals surface area contributed by atoms with E-state index in [0.29, 0.717) is 12.1 Å². The van der Waals surface area contributed by atoms with Crippen LogP contribution in [0.1, 0.15) is 56.4 Å². The summed E-state index contributed by atoms with van der Waals surface area (Å²) in [7, 11) is 4.21. The molecule has 1 N–H and O–H groups in total. The van der Waals surface area contributed by atoms with Crippen molar-refractivity contribution in [2.75, 3.05) is 19.0 Å². The minimum Gasteiger partial charge on any atom is -0.348 e. The van der Waals surface area contributed by atoms with Crippen LogP contribution < -0.4 is 10.2 Å². The Morgan fingerprint density at radius 2 is 2.00 bits per heavy atom. The third-order valence-corrected chi connectivity index (χ3v) is 5.32. The molecule has 0 spiro atoms. The molecular formula is C14H25N3S. The van der Waals surface area contributed by atoms with Crippen LogP contribution in [0.2, 0.25) is 0 Å². The van der Waals surface area contributed by atoms with Crippen LogP contribution in [-0.4, -0.2) is 25.1 Å². The fraction of sp³-hybridized carbons (Fsp3) is 0.786. The van der Waals surface area contributed by atoms with E-state index in [1.54, 1.807) is 0 Å². The quantitative estimate of drug-likeness (QED) is 0.845. The molecule has 1 aromatic rings. The third kappa shape index (κ3) is 3.23. The Labute approximate surface area is 115 Å². The van der Waals surface area contributed by atoms with Gasteiger partial charge in [-0.2, -0.15) is 0 Å². The predicted octanol–water partition coefficient (Wildman–Crippen LogP) is 3.58. The summed E-state index contributed by atoms with van der Waals surface area (Å²) < 4.78 is 0. The molecule has 102 valence electrons. The largest absolute Gasteiger partial charge is 0.348 e. The number of thiazole rings is 1. The van der Waals surface area contributed by atoms with Gasteiger partial charge in [-0.15, -0.1) is 11.3 Å². The van der Waals surface area contributed by atoms with Gasteiger partial charge in [-0.05, 0) is 26.8 Å². The molecule has 1 heterocycles. The standard InChI is InChI=1S/C14H25N3S/c1-11(15-2)13-10-16-14(18-13)17(3)12-8-6-4-5-7-9-12/h10-12,15H,4-9H2,1-3H3. The Morgan fingerprint density at radius 3 is 2.61 bits per heavy atom. The minimum atomic E-state index is 0.402. The van der Waals surface area contributed by atoms with E-state index in [-0.39, 0.29) is 0 Å². The topological polar surface area (TPSA) is 28.2 Å². The third-order valence-electron chi connectivity index (χ3n) is 4.05. The monoisotopic (exact) mass is 267 g/mol. The van der Waals surface area contributed by atoms with E-state index < -0.39 is 0 Å². The fourth-order valence-corrected chi connectivity index (χ4v) is 3.59. The summed E-state index contributed by atoms with van der Waals surface area (Å²) in [6.07, 6.45) is 10.2. The summed E-state index contributed by atoms with van der Waals surface area (Å²) in [6, 6.07) is 1.09. The predicted molar refractivity (Wildman–Crippen MR) is 79.5 cm³/mol.